The number of esters is 1. The first-order valence-corrected chi connectivity index (χ1v) is 25.5. The topological polar surface area (TPSA) is 268 Å². The Kier molecular flexibility index (Phi) is 26.9. The minimum absolute atomic E-state index is 0.00627. The van der Waals surface area contributed by atoms with E-state index in [4.69, 9.17) is 25.1 Å². The maximum Gasteiger partial charge on any atom is 0.328 e. The van der Waals surface area contributed by atoms with Crippen LogP contribution in [0.3, 0.4) is 0 Å². The van der Waals surface area contributed by atoms with Gasteiger partial charge >= 0.3 is 11.9 Å². The Morgan fingerprint density at radius 2 is 1.49 bits per heavy atom. The number of carboxylic acids is 1. The summed E-state index contributed by atoms with van der Waals surface area (Å²) < 4.78 is 17.4. The van der Waals surface area contributed by atoms with Gasteiger partial charge in [0, 0.05) is 40.8 Å². The summed E-state index contributed by atoms with van der Waals surface area (Å²) in [6.45, 7) is 17.3. The van der Waals surface area contributed by atoms with Crippen molar-refractivity contribution in [2.45, 2.75) is 168 Å². The Labute approximate surface area is 427 Å². The number of hydrogen-bond acceptors (Lipinski definition) is 13. The molecule has 0 aromatic heterocycles. The van der Waals surface area contributed by atoms with Crippen molar-refractivity contribution < 1.29 is 57.7 Å². The quantitative estimate of drug-likeness (QED) is 0.0461. The second kappa shape index (κ2) is 30.8. The van der Waals surface area contributed by atoms with Crippen LogP contribution in [0.25, 0.3) is 0 Å². The lowest BCUT2D eigenvalue weighted by molar-refractivity contribution is -0.148. The van der Waals surface area contributed by atoms with Crippen molar-refractivity contribution in [3.8, 4) is 0 Å². The zero-order valence-corrected chi connectivity index (χ0v) is 45.5. The smallest absolute Gasteiger partial charge is 0.328 e. The molecule has 0 spiro atoms. The molecule has 1 fully saturated rings. The maximum absolute atomic E-state index is 14.5. The number of benzene rings is 1. The van der Waals surface area contributed by atoms with E-state index in [1.165, 1.54) is 21.1 Å². The molecule has 20 heteroatoms. The van der Waals surface area contributed by atoms with E-state index in [1.54, 1.807) is 23.8 Å². The summed E-state index contributed by atoms with van der Waals surface area (Å²) in [6.07, 6.45) is 1.19. The highest BCUT2D eigenvalue weighted by molar-refractivity contribution is 5.91. The Balaban J connectivity index is 2.25. The Morgan fingerprint density at radius 1 is 0.847 bits per heavy atom. The van der Waals surface area contributed by atoms with Crippen molar-refractivity contribution in [3.05, 3.63) is 35.4 Å². The first kappa shape index (κ1) is 62.9. The molecule has 6 amide bonds. The number of nitrogens with zero attached hydrogens (tertiary/aromatic N) is 3. The summed E-state index contributed by atoms with van der Waals surface area (Å²) in [5, 5.41) is 20.1. The SMILES string of the molecule is CCCC(C)C([C@@H](CC(=O)N1CCC[C@H]1[C@H](OC)[C@@H](C)C(=O)N[C@@H](Cc1ccc(C)cc1)C(=O)NCCCOC(=O)[C@H](C)NC(=O)CC(N)C(=O)O)OC)N(C)C(=O)[C@@H](NC(=O)C(C(C)C)N(C)C)C(C)C. The van der Waals surface area contributed by atoms with Crippen molar-refractivity contribution >= 4 is 47.4 Å². The van der Waals surface area contributed by atoms with Gasteiger partial charge in [-0.05, 0) is 76.9 Å². The number of carbonyl (C=O) groups is 8. The zero-order chi connectivity index (χ0) is 54.6. The van der Waals surface area contributed by atoms with Gasteiger partial charge in [0.1, 0.15) is 24.2 Å². The van der Waals surface area contributed by atoms with Crippen molar-refractivity contribution in [1.29, 1.82) is 0 Å². The van der Waals surface area contributed by atoms with Gasteiger partial charge in [0.05, 0.1) is 55.7 Å². The second-order valence-corrected chi connectivity index (χ2v) is 20.4. The summed E-state index contributed by atoms with van der Waals surface area (Å²) in [6, 6.07) is 1.84. The minimum Gasteiger partial charge on any atom is -0.480 e. The van der Waals surface area contributed by atoms with Gasteiger partial charge in [0.2, 0.25) is 35.4 Å². The van der Waals surface area contributed by atoms with E-state index in [9.17, 15) is 38.4 Å². The molecule has 0 saturated carbocycles. The van der Waals surface area contributed by atoms with Crippen LogP contribution in [0.1, 0.15) is 111 Å². The highest BCUT2D eigenvalue weighted by atomic mass is 16.5. The third-order valence-electron chi connectivity index (χ3n) is 13.6. The van der Waals surface area contributed by atoms with Gasteiger partial charge in [-0.3, -0.25) is 38.5 Å². The van der Waals surface area contributed by atoms with E-state index in [-0.39, 0.29) is 67.9 Å². The molecule has 408 valence electrons. The van der Waals surface area contributed by atoms with Crippen LogP contribution in [0.4, 0.5) is 0 Å². The number of likely N-dealkylation sites (N-methyl/N-ethyl adjacent to an activating group) is 2. The number of nitrogens with one attached hydrogen (secondary N) is 4. The van der Waals surface area contributed by atoms with Gasteiger partial charge in [-0.2, -0.15) is 0 Å². The number of carboxylic acid groups (broad SMARTS) is 1. The number of likely N-dealkylation sites (tertiary alicyclic amines) is 1. The third kappa shape index (κ3) is 19.0. The van der Waals surface area contributed by atoms with Crippen molar-refractivity contribution in [1.82, 2.24) is 36.0 Å². The number of carbonyl (C=O) groups excluding carboxylic acids is 7. The highest BCUT2D eigenvalue weighted by Gasteiger charge is 2.44. The molecule has 7 N–H and O–H groups in total. The molecule has 1 aliphatic rings. The van der Waals surface area contributed by atoms with Gasteiger partial charge in [-0.1, -0.05) is 84.7 Å². The number of hydrogen-bond donors (Lipinski definition) is 6. The summed E-state index contributed by atoms with van der Waals surface area (Å²) in [7, 11) is 8.42. The van der Waals surface area contributed by atoms with Crippen LogP contribution in [-0.4, -0.2) is 177 Å². The van der Waals surface area contributed by atoms with Crippen LogP contribution in [0, 0.1) is 30.6 Å². The first-order chi connectivity index (χ1) is 33.8. The molecule has 1 aromatic rings. The van der Waals surface area contributed by atoms with Crippen molar-refractivity contribution in [2.75, 3.05) is 55.1 Å². The number of nitrogens with two attached hydrogens (primary N) is 1. The predicted octanol–water partition coefficient (Wildman–Crippen LogP) is 2.42. The van der Waals surface area contributed by atoms with Crippen LogP contribution in [0.2, 0.25) is 0 Å². The summed E-state index contributed by atoms with van der Waals surface area (Å²) in [5.41, 5.74) is 7.22. The maximum atomic E-state index is 14.5. The minimum atomic E-state index is -1.42. The molecule has 1 aromatic carbocycles. The predicted molar refractivity (Wildman–Crippen MR) is 273 cm³/mol. The summed E-state index contributed by atoms with van der Waals surface area (Å²) in [5.74, 6) is -5.57. The van der Waals surface area contributed by atoms with E-state index in [0.717, 1.165) is 24.0 Å². The molecule has 4 unspecified atom stereocenters. The lowest BCUT2D eigenvalue weighted by Crippen LogP contribution is -2.59. The average Bonchev–Trinajstić information content (AvgIpc) is 3.80. The zero-order valence-electron chi connectivity index (χ0n) is 45.5. The van der Waals surface area contributed by atoms with E-state index in [2.05, 4.69) is 28.2 Å². The number of aryl methyl sites for hydroxylation is 1. The van der Waals surface area contributed by atoms with Gasteiger partial charge in [-0.25, -0.2) is 4.79 Å². The lowest BCUT2D eigenvalue weighted by Gasteiger charge is -2.41. The monoisotopic (exact) mass is 1020 g/mol. The number of rotatable bonds is 31. The summed E-state index contributed by atoms with van der Waals surface area (Å²) in [4.78, 5) is 111. The number of ether oxygens (including phenoxy) is 3. The van der Waals surface area contributed by atoms with Crippen molar-refractivity contribution in [2.24, 2.45) is 29.4 Å². The van der Waals surface area contributed by atoms with Gasteiger partial charge < -0.3 is 56.1 Å². The van der Waals surface area contributed by atoms with Crippen LogP contribution in [0.15, 0.2) is 24.3 Å². The first-order valence-electron chi connectivity index (χ1n) is 25.5. The van der Waals surface area contributed by atoms with Crippen molar-refractivity contribution in [3.63, 3.8) is 0 Å². The van der Waals surface area contributed by atoms with Crippen LogP contribution >= 0.6 is 0 Å². The highest BCUT2D eigenvalue weighted by Crippen LogP contribution is 2.30. The van der Waals surface area contributed by atoms with Crippen LogP contribution < -0.4 is 27.0 Å². The van der Waals surface area contributed by atoms with E-state index < -0.39 is 96.5 Å². The molecule has 0 aliphatic carbocycles. The molecule has 1 heterocycles. The van der Waals surface area contributed by atoms with Gasteiger partial charge in [0.15, 0.2) is 0 Å². The molecule has 2 rings (SSSR count). The molecule has 72 heavy (non-hydrogen) atoms. The van der Waals surface area contributed by atoms with E-state index in [0.29, 0.717) is 19.4 Å². The summed E-state index contributed by atoms with van der Waals surface area (Å²) >= 11 is 0. The molecule has 20 nitrogen and oxygen atoms in total. The van der Waals surface area contributed by atoms with E-state index >= 15 is 0 Å². The van der Waals surface area contributed by atoms with E-state index in [1.807, 2.05) is 84.8 Å². The Bertz CT molecular complexity index is 1920. The third-order valence-corrected chi connectivity index (χ3v) is 13.6. The average molecular weight is 1020 g/mol. The van der Waals surface area contributed by atoms with Crippen LogP contribution in [0.5, 0.6) is 0 Å². The fourth-order valence-corrected chi connectivity index (χ4v) is 9.62. The fraction of sp³-hybridized carbons (Fsp3) is 0.731. The fourth-order valence-electron chi connectivity index (χ4n) is 9.62. The molecular formula is C52H88N8O12. The molecule has 1 saturated heterocycles. The largest absolute Gasteiger partial charge is 0.480 e. The number of aliphatic carboxylic acids is 1. The van der Waals surface area contributed by atoms with Gasteiger partial charge in [0.25, 0.3) is 0 Å². The molecule has 0 bridgehead atoms. The Morgan fingerprint density at radius 3 is 2.03 bits per heavy atom. The molecule has 1 aliphatic heterocycles. The molecule has 0 radical (unpaired) electrons. The second-order valence-electron chi connectivity index (χ2n) is 20.4. The molecular weight excluding hydrogens is 929 g/mol. The number of amides is 6. The normalized spacial score (nSPS) is 17.9. The van der Waals surface area contributed by atoms with Gasteiger partial charge in [-0.15, -0.1) is 0 Å². The lowest BCUT2D eigenvalue weighted by atomic mass is 9.88. The Hall–Kier alpha value is -5.18. The van der Waals surface area contributed by atoms with Crippen LogP contribution in [-0.2, 0) is 59.0 Å². The molecule has 11 atom stereocenters. The standard InChI is InChI=1S/C52H88N8O12/c1-15-18-33(7)45(59(12)50(66)43(30(2)3)57-49(65)44(31(4)5)58(10)11)40(70-13)29-42(62)60-25-16-19-39(60)46(71-14)34(8)47(63)56-38(27-36-22-20-32(6)21-23-36)48(64)54-24-17-26-72-52(69)35(9)55-41(61)28-37(53)51(67)68/h20-23,30-31,33-35,37-40,43-46H,15-19,24-29,53H2,1-14H3,(H,54,64)(H,55,61)(H,56,63)(H,57,65)(H,67,68)/t33?,34-,35+,37?,38+,39+,40-,43+,44?,45?,46-/m1/s1. The number of methoxy groups -OCH3 is 2.